The Morgan fingerprint density at radius 1 is 1.07 bits per heavy atom. The second-order valence-corrected chi connectivity index (χ2v) is 7.65. The zero-order chi connectivity index (χ0) is 20.1. The summed E-state index contributed by atoms with van der Waals surface area (Å²) >= 11 is 0. The fraction of sp³-hybridized carbons (Fsp3) is 0.292. The average molecular weight is 386 g/mol. The molecule has 1 aromatic heterocycles. The third-order valence-corrected chi connectivity index (χ3v) is 5.30. The highest BCUT2D eigenvalue weighted by Gasteiger charge is 2.23. The molecule has 1 atom stereocenters. The zero-order valence-electron chi connectivity index (χ0n) is 16.7. The first-order valence-corrected chi connectivity index (χ1v) is 10.2. The molecule has 1 saturated heterocycles. The summed E-state index contributed by atoms with van der Waals surface area (Å²) in [5.41, 5.74) is 2.35. The zero-order valence-corrected chi connectivity index (χ0v) is 16.7. The van der Waals surface area contributed by atoms with Crippen LogP contribution in [0.25, 0.3) is 0 Å². The normalized spacial score (nSPS) is 16.4. The molecule has 1 fully saturated rings. The molecule has 1 amide bonds. The Labute approximate surface area is 172 Å². The van der Waals surface area contributed by atoms with Gasteiger partial charge in [0.1, 0.15) is 5.69 Å². The van der Waals surface area contributed by atoms with Crippen molar-refractivity contribution >= 4 is 17.5 Å². The van der Waals surface area contributed by atoms with Crippen LogP contribution in [0.15, 0.2) is 72.9 Å². The van der Waals surface area contributed by atoms with Crippen molar-refractivity contribution in [2.75, 3.05) is 22.9 Å². The van der Waals surface area contributed by atoms with Crippen LogP contribution in [0.4, 0.5) is 11.6 Å². The fourth-order valence-corrected chi connectivity index (χ4v) is 3.78. The van der Waals surface area contributed by atoms with Gasteiger partial charge in [0.05, 0.1) is 6.54 Å². The summed E-state index contributed by atoms with van der Waals surface area (Å²) in [4.78, 5) is 26.5. The Morgan fingerprint density at radius 2 is 1.79 bits per heavy atom. The fourth-order valence-electron chi connectivity index (χ4n) is 3.78. The van der Waals surface area contributed by atoms with Gasteiger partial charge in [0.15, 0.2) is 0 Å². The molecule has 4 rings (SSSR count). The number of rotatable bonds is 5. The Bertz CT molecular complexity index is 945. The van der Waals surface area contributed by atoms with Crippen LogP contribution in [0, 0.1) is 5.92 Å². The highest BCUT2D eigenvalue weighted by Crippen LogP contribution is 2.22. The van der Waals surface area contributed by atoms with Gasteiger partial charge < -0.3 is 9.80 Å². The Hall–Kier alpha value is -3.21. The van der Waals surface area contributed by atoms with Gasteiger partial charge in [-0.05, 0) is 42.5 Å². The van der Waals surface area contributed by atoms with Gasteiger partial charge in [-0.2, -0.15) is 0 Å². The molecule has 0 spiro atoms. The summed E-state index contributed by atoms with van der Waals surface area (Å²) in [5, 5.41) is 0. The number of benzene rings is 2. The Balaban J connectivity index is 1.63. The predicted octanol–water partition coefficient (Wildman–Crippen LogP) is 4.56. The number of piperidine rings is 1. The third-order valence-electron chi connectivity index (χ3n) is 5.30. The van der Waals surface area contributed by atoms with Gasteiger partial charge >= 0.3 is 0 Å². The van der Waals surface area contributed by atoms with E-state index in [2.05, 4.69) is 21.8 Å². The second-order valence-electron chi connectivity index (χ2n) is 7.65. The first-order valence-electron chi connectivity index (χ1n) is 10.2. The van der Waals surface area contributed by atoms with Gasteiger partial charge in [0.25, 0.3) is 5.91 Å². The summed E-state index contributed by atoms with van der Waals surface area (Å²) in [6, 6.07) is 21.5. The highest BCUT2D eigenvalue weighted by atomic mass is 16.2. The number of anilines is 2. The molecule has 0 N–H and O–H groups in total. The summed E-state index contributed by atoms with van der Waals surface area (Å²) in [6.07, 6.45) is 4.06. The number of hydrogen-bond donors (Lipinski definition) is 0. The van der Waals surface area contributed by atoms with Crippen molar-refractivity contribution in [2.24, 2.45) is 5.92 Å². The van der Waals surface area contributed by atoms with E-state index in [0.717, 1.165) is 30.8 Å². The summed E-state index contributed by atoms with van der Waals surface area (Å²) in [6.45, 7) is 4.61. The first kappa shape index (κ1) is 19.1. The molecular formula is C24H26N4O. The molecule has 1 unspecified atom stereocenters. The summed E-state index contributed by atoms with van der Waals surface area (Å²) in [5.74, 6) is 1.15. The maximum Gasteiger partial charge on any atom is 0.277 e. The van der Waals surface area contributed by atoms with E-state index in [0.29, 0.717) is 24.1 Å². The monoisotopic (exact) mass is 386 g/mol. The molecule has 2 heterocycles. The van der Waals surface area contributed by atoms with Gasteiger partial charge in [-0.3, -0.25) is 4.79 Å². The standard InChI is InChI=1S/C24H26N4O/c1-19-9-8-16-27(17-19)24-25-15-14-22(26-24)23(29)28(21-12-6-3-7-13-21)18-20-10-4-2-5-11-20/h2-7,10-15,19H,8-9,16-18H2,1H3. The predicted molar refractivity (Wildman–Crippen MR) is 116 cm³/mol. The van der Waals surface area contributed by atoms with Crippen LogP contribution in [0.3, 0.4) is 0 Å². The molecule has 29 heavy (non-hydrogen) atoms. The summed E-state index contributed by atoms with van der Waals surface area (Å²) < 4.78 is 0. The minimum absolute atomic E-state index is 0.117. The van der Waals surface area contributed by atoms with Crippen LogP contribution in [0.1, 0.15) is 35.8 Å². The van der Waals surface area contributed by atoms with Crippen molar-refractivity contribution in [3.63, 3.8) is 0 Å². The molecule has 5 nitrogen and oxygen atoms in total. The second kappa shape index (κ2) is 8.86. The van der Waals surface area contributed by atoms with Crippen molar-refractivity contribution in [1.29, 1.82) is 0 Å². The van der Waals surface area contributed by atoms with Crippen LogP contribution in [-0.2, 0) is 6.54 Å². The van der Waals surface area contributed by atoms with Gasteiger partial charge in [-0.15, -0.1) is 0 Å². The molecular weight excluding hydrogens is 360 g/mol. The smallest absolute Gasteiger partial charge is 0.277 e. The number of aromatic nitrogens is 2. The molecule has 0 saturated carbocycles. The van der Waals surface area contributed by atoms with Crippen molar-refractivity contribution in [3.05, 3.63) is 84.2 Å². The lowest BCUT2D eigenvalue weighted by Gasteiger charge is -2.31. The number of carbonyl (C=O) groups excluding carboxylic acids is 1. The highest BCUT2D eigenvalue weighted by molar-refractivity contribution is 6.04. The number of amides is 1. The molecule has 2 aromatic carbocycles. The van der Waals surface area contributed by atoms with Gasteiger partial charge in [0.2, 0.25) is 5.95 Å². The Morgan fingerprint density at radius 3 is 2.52 bits per heavy atom. The minimum atomic E-state index is -0.117. The molecule has 5 heteroatoms. The maximum atomic E-state index is 13.5. The Kier molecular flexibility index (Phi) is 5.84. The molecule has 148 valence electrons. The van der Waals surface area contributed by atoms with E-state index in [1.54, 1.807) is 17.2 Å². The maximum absolute atomic E-state index is 13.5. The van der Waals surface area contributed by atoms with Crippen LogP contribution >= 0.6 is 0 Å². The van der Waals surface area contributed by atoms with E-state index in [1.165, 1.54) is 6.42 Å². The quantitative estimate of drug-likeness (QED) is 0.645. The van der Waals surface area contributed by atoms with Crippen molar-refractivity contribution in [1.82, 2.24) is 9.97 Å². The van der Waals surface area contributed by atoms with E-state index in [4.69, 9.17) is 0 Å². The van der Waals surface area contributed by atoms with E-state index in [1.807, 2.05) is 60.7 Å². The van der Waals surface area contributed by atoms with E-state index >= 15 is 0 Å². The lowest BCUT2D eigenvalue weighted by molar-refractivity contribution is 0.0980. The lowest BCUT2D eigenvalue weighted by Crippen LogP contribution is -2.36. The van der Waals surface area contributed by atoms with Crippen molar-refractivity contribution in [2.45, 2.75) is 26.3 Å². The largest absolute Gasteiger partial charge is 0.341 e. The minimum Gasteiger partial charge on any atom is -0.341 e. The molecule has 1 aliphatic rings. The van der Waals surface area contributed by atoms with E-state index in [-0.39, 0.29) is 5.91 Å². The van der Waals surface area contributed by atoms with Gasteiger partial charge in [0, 0.05) is 25.0 Å². The third kappa shape index (κ3) is 4.62. The van der Waals surface area contributed by atoms with Crippen LogP contribution < -0.4 is 9.80 Å². The van der Waals surface area contributed by atoms with E-state index < -0.39 is 0 Å². The van der Waals surface area contributed by atoms with Gasteiger partial charge in [-0.1, -0.05) is 55.5 Å². The number of para-hydroxylation sites is 1. The van der Waals surface area contributed by atoms with E-state index in [9.17, 15) is 4.79 Å². The molecule has 0 aliphatic carbocycles. The first-order chi connectivity index (χ1) is 14.2. The number of nitrogens with zero attached hydrogens (tertiary/aromatic N) is 4. The van der Waals surface area contributed by atoms with Crippen LogP contribution in [0.5, 0.6) is 0 Å². The molecule has 0 bridgehead atoms. The molecule has 0 radical (unpaired) electrons. The molecule has 3 aromatic rings. The number of carbonyl (C=O) groups is 1. The van der Waals surface area contributed by atoms with Crippen LogP contribution in [0.2, 0.25) is 0 Å². The van der Waals surface area contributed by atoms with Crippen molar-refractivity contribution in [3.8, 4) is 0 Å². The van der Waals surface area contributed by atoms with Crippen LogP contribution in [-0.4, -0.2) is 29.0 Å². The average Bonchev–Trinajstić information content (AvgIpc) is 2.78. The number of hydrogen-bond acceptors (Lipinski definition) is 4. The SMILES string of the molecule is CC1CCCN(c2nccc(C(=O)N(Cc3ccccc3)c3ccccc3)n2)C1. The van der Waals surface area contributed by atoms with Crippen molar-refractivity contribution < 1.29 is 4.79 Å². The van der Waals surface area contributed by atoms with Gasteiger partial charge in [-0.25, -0.2) is 9.97 Å². The lowest BCUT2D eigenvalue weighted by atomic mass is 10.0. The molecule has 1 aliphatic heterocycles. The topological polar surface area (TPSA) is 49.3 Å². The summed E-state index contributed by atoms with van der Waals surface area (Å²) in [7, 11) is 0.